The molecule has 3 aromatic rings. The van der Waals surface area contributed by atoms with E-state index in [9.17, 15) is 14.4 Å². The molecule has 0 saturated carbocycles. The third-order valence-electron chi connectivity index (χ3n) is 3.65. The summed E-state index contributed by atoms with van der Waals surface area (Å²) in [6.07, 6.45) is 0. The van der Waals surface area contributed by atoms with E-state index in [-0.39, 0.29) is 28.0 Å². The monoisotopic (exact) mass is 484 g/mol. The van der Waals surface area contributed by atoms with Crippen LogP contribution in [0.5, 0.6) is 0 Å². The van der Waals surface area contributed by atoms with E-state index in [0.717, 1.165) is 4.88 Å². The number of hydrogen-bond acceptors (Lipinski definition) is 8. The minimum atomic E-state index is -0.895. The summed E-state index contributed by atoms with van der Waals surface area (Å²) in [6.45, 7) is 1.29. The average Bonchev–Trinajstić information content (AvgIpc) is 3.38. The van der Waals surface area contributed by atoms with Crippen LogP contribution >= 0.6 is 45.9 Å². The molecule has 0 bridgehead atoms. The molecule has 0 spiro atoms. The van der Waals surface area contributed by atoms with Crippen molar-refractivity contribution in [2.75, 3.05) is 18.5 Å². The number of nitrogens with one attached hydrogen (secondary N) is 1. The number of carbonyl (C=O) groups excluding carboxylic acids is 3. The number of rotatable bonds is 7. The molecule has 30 heavy (non-hydrogen) atoms. The zero-order valence-corrected chi connectivity index (χ0v) is 18.6. The van der Waals surface area contributed by atoms with Crippen LogP contribution in [0.1, 0.15) is 27.8 Å². The molecule has 0 aromatic carbocycles. The fraction of sp³-hybridized carbons (Fsp3) is 0.158. The number of halogens is 2. The van der Waals surface area contributed by atoms with Gasteiger partial charge in [-0.2, -0.15) is 0 Å². The van der Waals surface area contributed by atoms with E-state index >= 15 is 0 Å². The Morgan fingerprint density at radius 2 is 1.90 bits per heavy atom. The predicted octanol–water partition coefficient (Wildman–Crippen LogP) is 5.15. The van der Waals surface area contributed by atoms with Crippen molar-refractivity contribution in [3.63, 3.8) is 0 Å². The van der Waals surface area contributed by atoms with Crippen molar-refractivity contribution in [3.05, 3.63) is 56.5 Å². The number of nitrogens with zero attached hydrogens (tertiary/aromatic N) is 1. The van der Waals surface area contributed by atoms with Crippen molar-refractivity contribution in [1.29, 1.82) is 0 Å². The van der Waals surface area contributed by atoms with Crippen LogP contribution in [0.4, 0.5) is 5.00 Å². The molecule has 0 aliphatic rings. The smallest absolute Gasteiger partial charge is 0.359 e. The topological polar surface area (TPSA) is 94.6 Å². The number of esters is 2. The first-order chi connectivity index (χ1) is 14.4. The summed E-state index contributed by atoms with van der Waals surface area (Å²) in [7, 11) is 0. The molecule has 1 N–H and O–H groups in total. The van der Waals surface area contributed by atoms with E-state index in [1.54, 1.807) is 12.3 Å². The minimum absolute atomic E-state index is 0.0493. The van der Waals surface area contributed by atoms with Gasteiger partial charge < -0.3 is 14.8 Å². The van der Waals surface area contributed by atoms with Gasteiger partial charge in [0.15, 0.2) is 12.3 Å². The van der Waals surface area contributed by atoms with E-state index in [4.69, 9.17) is 32.7 Å². The highest BCUT2D eigenvalue weighted by atomic mass is 35.5. The SMILES string of the molecule is CCOC(=O)c1c(-c2cccs2)csc1NC(=O)COC(=O)c1nc(Cl)ccc1Cl. The number of ether oxygens (including phenoxy) is 2. The Hall–Kier alpha value is -2.46. The Balaban J connectivity index is 1.72. The van der Waals surface area contributed by atoms with Crippen LogP contribution in [0.3, 0.4) is 0 Å². The number of thiophene rings is 2. The molecule has 3 aromatic heterocycles. The zero-order valence-electron chi connectivity index (χ0n) is 15.4. The molecular weight excluding hydrogens is 471 g/mol. The molecular formula is C19H14Cl2N2O5S2. The van der Waals surface area contributed by atoms with E-state index in [2.05, 4.69) is 10.3 Å². The highest BCUT2D eigenvalue weighted by molar-refractivity contribution is 7.17. The first kappa shape index (κ1) is 22.2. The third kappa shape index (κ3) is 5.17. The van der Waals surface area contributed by atoms with Gasteiger partial charge in [0.25, 0.3) is 5.91 Å². The van der Waals surface area contributed by atoms with Gasteiger partial charge in [-0.3, -0.25) is 4.79 Å². The van der Waals surface area contributed by atoms with Crippen LogP contribution in [-0.4, -0.2) is 36.0 Å². The number of aromatic nitrogens is 1. The molecule has 3 heterocycles. The van der Waals surface area contributed by atoms with Crippen molar-refractivity contribution in [2.24, 2.45) is 0 Å². The van der Waals surface area contributed by atoms with E-state index < -0.39 is 24.5 Å². The number of pyridine rings is 1. The molecule has 0 fully saturated rings. The Labute approximate surface area is 189 Å². The molecule has 156 valence electrons. The van der Waals surface area contributed by atoms with Crippen molar-refractivity contribution in [1.82, 2.24) is 4.98 Å². The summed E-state index contributed by atoms with van der Waals surface area (Å²) >= 11 is 14.3. The number of amides is 1. The molecule has 11 heteroatoms. The van der Waals surface area contributed by atoms with Gasteiger partial charge in [0, 0.05) is 15.8 Å². The van der Waals surface area contributed by atoms with E-state index in [0.29, 0.717) is 10.6 Å². The Morgan fingerprint density at radius 3 is 2.60 bits per heavy atom. The van der Waals surface area contributed by atoms with Gasteiger partial charge in [0.05, 0.1) is 11.6 Å². The van der Waals surface area contributed by atoms with Gasteiger partial charge in [0.2, 0.25) is 0 Å². The normalized spacial score (nSPS) is 10.5. The first-order valence-electron chi connectivity index (χ1n) is 8.52. The summed E-state index contributed by atoms with van der Waals surface area (Å²) in [4.78, 5) is 41.6. The van der Waals surface area contributed by atoms with Crippen molar-refractivity contribution in [3.8, 4) is 10.4 Å². The molecule has 0 aliphatic carbocycles. The van der Waals surface area contributed by atoms with Gasteiger partial charge in [-0.05, 0) is 30.5 Å². The third-order valence-corrected chi connectivity index (χ3v) is 5.96. The molecule has 7 nitrogen and oxygen atoms in total. The van der Waals surface area contributed by atoms with Gasteiger partial charge >= 0.3 is 11.9 Å². The highest BCUT2D eigenvalue weighted by Crippen LogP contribution is 2.38. The van der Waals surface area contributed by atoms with Crippen LogP contribution in [-0.2, 0) is 14.3 Å². The Kier molecular flexibility index (Phi) is 7.43. The molecule has 0 aliphatic heterocycles. The maximum atomic E-state index is 12.5. The second-order valence-corrected chi connectivity index (χ2v) is 8.26. The van der Waals surface area contributed by atoms with Crippen LogP contribution < -0.4 is 5.32 Å². The summed E-state index contributed by atoms with van der Waals surface area (Å²) in [5.41, 5.74) is 0.722. The summed E-state index contributed by atoms with van der Waals surface area (Å²) in [6, 6.07) is 6.55. The number of carbonyl (C=O) groups is 3. The van der Waals surface area contributed by atoms with Crippen LogP contribution in [0.2, 0.25) is 10.2 Å². The molecule has 3 rings (SSSR count). The quantitative estimate of drug-likeness (QED) is 0.368. The molecule has 0 atom stereocenters. The second-order valence-electron chi connectivity index (χ2n) is 5.64. The lowest BCUT2D eigenvalue weighted by molar-refractivity contribution is -0.119. The Bertz CT molecular complexity index is 1080. The molecule has 0 saturated heterocycles. The maximum Gasteiger partial charge on any atom is 0.359 e. The summed E-state index contributed by atoms with van der Waals surface area (Å²) < 4.78 is 10.1. The molecule has 1 amide bonds. The second kappa shape index (κ2) is 10.0. The molecule has 0 radical (unpaired) electrons. The van der Waals surface area contributed by atoms with Crippen LogP contribution in [0.15, 0.2) is 35.0 Å². The minimum Gasteiger partial charge on any atom is -0.462 e. The lowest BCUT2D eigenvalue weighted by Gasteiger charge is -2.09. The van der Waals surface area contributed by atoms with Crippen molar-refractivity contribution < 1.29 is 23.9 Å². The summed E-state index contributed by atoms with van der Waals surface area (Å²) in [5, 5.41) is 6.65. The predicted molar refractivity (Wildman–Crippen MR) is 117 cm³/mol. The van der Waals surface area contributed by atoms with E-state index in [1.807, 2.05) is 17.5 Å². The van der Waals surface area contributed by atoms with Gasteiger partial charge in [-0.1, -0.05) is 29.3 Å². The highest BCUT2D eigenvalue weighted by Gasteiger charge is 2.24. The zero-order chi connectivity index (χ0) is 21.7. The van der Waals surface area contributed by atoms with Gasteiger partial charge in [-0.25, -0.2) is 14.6 Å². The molecule has 0 unspecified atom stereocenters. The lowest BCUT2D eigenvalue weighted by Crippen LogP contribution is -2.22. The first-order valence-corrected chi connectivity index (χ1v) is 11.0. The fourth-order valence-corrected chi connectivity index (χ4v) is 4.51. The number of anilines is 1. The lowest BCUT2D eigenvalue weighted by atomic mass is 10.1. The van der Waals surface area contributed by atoms with Crippen molar-refractivity contribution in [2.45, 2.75) is 6.92 Å². The van der Waals surface area contributed by atoms with Crippen molar-refractivity contribution >= 4 is 68.7 Å². The largest absolute Gasteiger partial charge is 0.462 e. The standard InChI is InChI=1S/C19H14Cl2N2O5S2/c1-2-27-18(25)15-10(12-4-3-7-29-12)9-30-17(15)23-14(24)8-28-19(26)16-11(20)5-6-13(21)22-16/h3-7,9H,2,8H2,1H3,(H,23,24). The van der Waals surface area contributed by atoms with Gasteiger partial charge in [0.1, 0.15) is 15.7 Å². The number of hydrogen-bond donors (Lipinski definition) is 1. The Morgan fingerprint density at radius 1 is 1.10 bits per heavy atom. The average molecular weight is 485 g/mol. The van der Waals surface area contributed by atoms with E-state index in [1.165, 1.54) is 34.8 Å². The maximum absolute atomic E-state index is 12.5. The fourth-order valence-electron chi connectivity index (χ4n) is 2.39. The van der Waals surface area contributed by atoms with Gasteiger partial charge in [-0.15, -0.1) is 22.7 Å². The van der Waals surface area contributed by atoms with Crippen LogP contribution in [0, 0.1) is 0 Å². The summed E-state index contributed by atoms with van der Waals surface area (Å²) in [5.74, 6) is -2.08. The van der Waals surface area contributed by atoms with Crippen LogP contribution in [0.25, 0.3) is 10.4 Å².